The Hall–Kier alpha value is -0.0800. The zero-order valence-electron chi connectivity index (χ0n) is 4.52. The van der Waals surface area contributed by atoms with Gasteiger partial charge in [-0.1, -0.05) is 0 Å². The lowest BCUT2D eigenvalue weighted by Gasteiger charge is -2.35. The summed E-state index contributed by atoms with van der Waals surface area (Å²) >= 11 is 0. The molecule has 2 heteroatoms. The lowest BCUT2D eigenvalue weighted by molar-refractivity contribution is 0.111. The van der Waals surface area contributed by atoms with Crippen LogP contribution >= 0.6 is 0 Å². The van der Waals surface area contributed by atoms with Gasteiger partial charge in [0.1, 0.15) is 0 Å². The van der Waals surface area contributed by atoms with E-state index >= 15 is 0 Å². The van der Waals surface area contributed by atoms with Gasteiger partial charge in [-0.2, -0.15) is 0 Å². The summed E-state index contributed by atoms with van der Waals surface area (Å²) < 4.78 is 0. The molecule has 2 atom stereocenters. The van der Waals surface area contributed by atoms with Crippen LogP contribution in [0, 0.1) is 0 Å². The third-order valence-electron chi connectivity index (χ3n) is 2.15. The predicted octanol–water partition coefficient (Wildman–Crippen LogP) is -0.380. The number of rotatable bonds is 0. The van der Waals surface area contributed by atoms with Gasteiger partial charge in [-0.05, 0) is 13.5 Å². The molecular weight excluding hydrogens is 88.1 g/mol. The fraction of sp³-hybridized carbons (Fsp3) is 1.00. The highest BCUT2D eigenvalue weighted by Gasteiger charge is 2.41. The van der Waals surface area contributed by atoms with Crippen LogP contribution in [0.5, 0.6) is 0 Å². The van der Waals surface area contributed by atoms with Crippen molar-refractivity contribution in [2.24, 2.45) is 0 Å². The summed E-state index contributed by atoms with van der Waals surface area (Å²) in [7, 11) is 2.18. The average Bonchev–Trinajstić information content (AvgIpc) is 2.18. The molecule has 0 aromatic rings. The van der Waals surface area contributed by atoms with E-state index in [1.165, 1.54) is 13.0 Å². The Labute approximate surface area is 43.5 Å². The number of hydrogen-bond acceptors (Lipinski definition) is 2. The molecule has 0 aromatic carbocycles. The molecule has 0 aliphatic carbocycles. The molecule has 3 rings (SSSR count). The molecule has 7 heavy (non-hydrogen) atoms. The zero-order chi connectivity index (χ0) is 4.85. The minimum atomic E-state index is 0.741. The van der Waals surface area contributed by atoms with E-state index in [0.29, 0.717) is 0 Å². The molecule has 0 aromatic heterocycles. The van der Waals surface area contributed by atoms with E-state index in [2.05, 4.69) is 17.3 Å². The van der Waals surface area contributed by atoms with Gasteiger partial charge in [-0.15, -0.1) is 0 Å². The van der Waals surface area contributed by atoms with Crippen LogP contribution in [0.4, 0.5) is 0 Å². The first-order valence-corrected chi connectivity index (χ1v) is 2.83. The summed E-state index contributed by atoms with van der Waals surface area (Å²) in [6.07, 6.45) is 2.13. The van der Waals surface area contributed by atoms with Crippen molar-refractivity contribution >= 4 is 0 Å². The number of hydrogen-bond donors (Lipinski definition) is 1. The number of fused-ring (bicyclic) bond motifs is 1. The quantitative estimate of drug-likeness (QED) is 0.444. The number of nitrogens with zero attached hydrogens (tertiary/aromatic N) is 1. The summed E-state index contributed by atoms with van der Waals surface area (Å²) in [5, 5.41) is 3.37. The smallest absolute Gasteiger partial charge is 0.0613 e. The van der Waals surface area contributed by atoms with Gasteiger partial charge in [0.2, 0.25) is 0 Å². The molecule has 1 N–H and O–H groups in total. The average molecular weight is 98.1 g/mol. The third-order valence-corrected chi connectivity index (χ3v) is 2.15. The first-order chi connectivity index (χ1) is 3.38. The highest BCUT2D eigenvalue weighted by molar-refractivity contribution is 4.97. The largest absolute Gasteiger partial charge is 0.300 e. The van der Waals surface area contributed by atoms with Crippen LogP contribution in [0.1, 0.15) is 6.42 Å². The second kappa shape index (κ2) is 1.01. The van der Waals surface area contributed by atoms with E-state index in [-0.39, 0.29) is 0 Å². The molecular formula is C5H10N2. The van der Waals surface area contributed by atoms with E-state index in [0.717, 1.165) is 12.2 Å². The van der Waals surface area contributed by atoms with Crippen LogP contribution in [0.3, 0.4) is 0 Å². The second-order valence-electron chi connectivity index (χ2n) is 2.48. The van der Waals surface area contributed by atoms with Crippen molar-refractivity contribution < 1.29 is 0 Å². The van der Waals surface area contributed by atoms with Crippen LogP contribution < -0.4 is 5.32 Å². The van der Waals surface area contributed by atoms with E-state index in [1.54, 1.807) is 0 Å². The van der Waals surface area contributed by atoms with Crippen molar-refractivity contribution in [2.45, 2.75) is 18.6 Å². The molecule has 3 aliphatic rings. The van der Waals surface area contributed by atoms with Gasteiger partial charge in [0, 0.05) is 12.6 Å². The summed E-state index contributed by atoms with van der Waals surface area (Å²) in [6, 6.07) is 0.880. The van der Waals surface area contributed by atoms with Gasteiger partial charge >= 0.3 is 0 Å². The van der Waals surface area contributed by atoms with E-state index in [9.17, 15) is 0 Å². The van der Waals surface area contributed by atoms with Crippen LogP contribution in [-0.2, 0) is 0 Å². The molecule has 0 spiro atoms. The molecule has 0 saturated carbocycles. The summed E-state index contributed by atoms with van der Waals surface area (Å²) in [4.78, 5) is 2.39. The topological polar surface area (TPSA) is 15.3 Å². The van der Waals surface area contributed by atoms with E-state index in [1.807, 2.05) is 0 Å². The molecule has 40 valence electrons. The van der Waals surface area contributed by atoms with Crippen LogP contribution in [0.15, 0.2) is 0 Å². The second-order valence-corrected chi connectivity index (χ2v) is 2.48. The summed E-state index contributed by atoms with van der Waals surface area (Å²) in [5.41, 5.74) is 0. The number of likely N-dealkylation sites (N-methyl/N-ethyl adjacent to an activating group) is 1. The maximum Gasteiger partial charge on any atom is 0.0613 e. The van der Waals surface area contributed by atoms with Crippen molar-refractivity contribution in [1.82, 2.24) is 10.2 Å². The van der Waals surface area contributed by atoms with Crippen LogP contribution in [-0.4, -0.2) is 30.7 Å². The Morgan fingerprint density at radius 3 is 2.71 bits per heavy atom. The first kappa shape index (κ1) is 3.87. The van der Waals surface area contributed by atoms with Crippen molar-refractivity contribution in [3.05, 3.63) is 0 Å². The summed E-state index contributed by atoms with van der Waals surface area (Å²) in [5.74, 6) is 0. The zero-order valence-corrected chi connectivity index (χ0v) is 4.52. The Bertz CT molecular complexity index is 78.1. The first-order valence-electron chi connectivity index (χ1n) is 2.83. The maximum atomic E-state index is 3.37. The molecule has 3 aliphatic heterocycles. The van der Waals surface area contributed by atoms with Gasteiger partial charge in [-0.3, -0.25) is 4.90 Å². The molecule has 3 heterocycles. The van der Waals surface area contributed by atoms with Gasteiger partial charge in [0.05, 0.1) is 6.17 Å². The van der Waals surface area contributed by atoms with E-state index < -0.39 is 0 Å². The Morgan fingerprint density at radius 1 is 1.71 bits per heavy atom. The fourth-order valence-corrected chi connectivity index (χ4v) is 1.43. The molecule has 0 amide bonds. The lowest BCUT2D eigenvalue weighted by atomic mass is 10.1. The Morgan fingerprint density at radius 2 is 2.57 bits per heavy atom. The lowest BCUT2D eigenvalue weighted by Crippen LogP contribution is -2.48. The normalized spacial score (nSPS) is 49.3. The third kappa shape index (κ3) is 0.318. The van der Waals surface area contributed by atoms with Crippen molar-refractivity contribution in [3.8, 4) is 0 Å². The monoisotopic (exact) mass is 98.1 g/mol. The fourth-order valence-electron chi connectivity index (χ4n) is 1.43. The Kier molecular flexibility index (Phi) is 0.557. The standard InChI is InChI=1S/C5H10N2/c1-7-4-2-5(7)6-3-4/h4-6H,2-3H2,1H3. The minimum Gasteiger partial charge on any atom is -0.300 e. The van der Waals surface area contributed by atoms with Gasteiger partial charge in [-0.25, -0.2) is 0 Å². The SMILES string of the molecule is CN1C2CNC1C2. The highest BCUT2D eigenvalue weighted by Crippen LogP contribution is 2.26. The van der Waals surface area contributed by atoms with Gasteiger partial charge < -0.3 is 5.32 Å². The number of nitrogens with one attached hydrogen (secondary N) is 1. The minimum absolute atomic E-state index is 0.741. The van der Waals surface area contributed by atoms with Crippen LogP contribution in [0.25, 0.3) is 0 Å². The highest BCUT2D eigenvalue weighted by atomic mass is 15.4. The van der Waals surface area contributed by atoms with Crippen molar-refractivity contribution in [3.63, 3.8) is 0 Å². The van der Waals surface area contributed by atoms with Crippen molar-refractivity contribution in [2.75, 3.05) is 13.6 Å². The van der Waals surface area contributed by atoms with Gasteiger partial charge in [0.25, 0.3) is 0 Å². The molecule has 3 fully saturated rings. The van der Waals surface area contributed by atoms with Gasteiger partial charge in [0.15, 0.2) is 0 Å². The van der Waals surface area contributed by atoms with E-state index in [4.69, 9.17) is 0 Å². The molecule has 2 unspecified atom stereocenters. The molecule has 2 nitrogen and oxygen atoms in total. The molecule has 2 bridgehead atoms. The van der Waals surface area contributed by atoms with Crippen LogP contribution in [0.2, 0.25) is 0 Å². The van der Waals surface area contributed by atoms with Crippen molar-refractivity contribution in [1.29, 1.82) is 0 Å². The predicted molar refractivity (Wildman–Crippen MR) is 28.0 cm³/mol. The molecule has 0 radical (unpaired) electrons. The summed E-state index contributed by atoms with van der Waals surface area (Å²) in [6.45, 7) is 1.22. The molecule has 3 saturated heterocycles. The Balaban J connectivity index is 2.14. The maximum absolute atomic E-state index is 3.37.